The van der Waals surface area contributed by atoms with Crippen LogP contribution in [0.4, 0.5) is 14.5 Å². The van der Waals surface area contributed by atoms with Crippen molar-refractivity contribution >= 4 is 34.4 Å². The van der Waals surface area contributed by atoms with E-state index in [1.54, 1.807) is 11.3 Å². The number of isothiocyanates is 1. The van der Waals surface area contributed by atoms with Gasteiger partial charge in [-0.05, 0) is 72.4 Å². The van der Waals surface area contributed by atoms with Crippen LogP contribution in [-0.2, 0) is 6.42 Å². The van der Waals surface area contributed by atoms with Crippen LogP contribution in [0.25, 0.3) is 21.6 Å². The lowest BCUT2D eigenvalue weighted by atomic mass is 10.0. The summed E-state index contributed by atoms with van der Waals surface area (Å²) in [6, 6.07) is 14.6. The molecule has 1 nitrogen and oxygen atoms in total. The Morgan fingerprint density at radius 3 is 2.32 bits per heavy atom. The van der Waals surface area contributed by atoms with Crippen molar-refractivity contribution in [1.29, 1.82) is 0 Å². The molecule has 4 rings (SSSR count). The standard InChI is InChI=1S/C23H17F2NS2/c24-20-12-18(13-21(25)23(20)26-14-27)16-5-7-17(8-6-16)22-10-9-19(28-22)11-15-3-1-2-4-15/h3,5-10,12-13H,1-2,4,11H2. The highest BCUT2D eigenvalue weighted by Crippen LogP contribution is 2.34. The second kappa shape index (κ2) is 8.27. The maximum absolute atomic E-state index is 14.1. The zero-order valence-corrected chi connectivity index (χ0v) is 16.7. The van der Waals surface area contributed by atoms with Crippen molar-refractivity contribution in [2.75, 3.05) is 0 Å². The molecular formula is C23H17F2NS2. The highest BCUT2D eigenvalue weighted by Gasteiger charge is 2.12. The topological polar surface area (TPSA) is 12.4 Å². The zero-order chi connectivity index (χ0) is 19.5. The molecule has 0 amide bonds. The molecule has 1 heterocycles. The van der Waals surface area contributed by atoms with Gasteiger partial charge in [-0.15, -0.1) is 11.3 Å². The number of rotatable bonds is 5. The first kappa shape index (κ1) is 18.9. The molecule has 2 aromatic carbocycles. The largest absolute Gasteiger partial charge is 0.204 e. The quantitative estimate of drug-likeness (QED) is 0.238. The van der Waals surface area contributed by atoms with Crippen LogP contribution in [0.5, 0.6) is 0 Å². The van der Waals surface area contributed by atoms with Gasteiger partial charge in [0.15, 0.2) is 11.6 Å². The lowest BCUT2D eigenvalue weighted by Crippen LogP contribution is -1.87. The van der Waals surface area contributed by atoms with Gasteiger partial charge in [-0.25, -0.2) is 8.78 Å². The van der Waals surface area contributed by atoms with Crippen molar-refractivity contribution in [2.24, 2.45) is 4.99 Å². The number of hydrogen-bond acceptors (Lipinski definition) is 3. The fraction of sp³-hybridized carbons (Fsp3) is 0.174. The van der Waals surface area contributed by atoms with Crippen molar-refractivity contribution in [3.8, 4) is 21.6 Å². The molecule has 1 aromatic heterocycles. The molecule has 1 aliphatic carbocycles. The lowest BCUT2D eigenvalue weighted by Gasteiger charge is -2.06. The van der Waals surface area contributed by atoms with Crippen LogP contribution in [0.3, 0.4) is 0 Å². The van der Waals surface area contributed by atoms with Crippen LogP contribution in [0, 0.1) is 11.6 Å². The molecule has 0 radical (unpaired) electrons. The van der Waals surface area contributed by atoms with Gasteiger partial charge in [0, 0.05) is 16.2 Å². The van der Waals surface area contributed by atoms with E-state index >= 15 is 0 Å². The van der Waals surface area contributed by atoms with Crippen LogP contribution in [0.1, 0.15) is 24.1 Å². The summed E-state index contributed by atoms with van der Waals surface area (Å²) in [5.41, 5.74) is 3.44. The highest BCUT2D eigenvalue weighted by molar-refractivity contribution is 7.78. The fourth-order valence-electron chi connectivity index (χ4n) is 3.46. The van der Waals surface area contributed by atoms with E-state index in [2.05, 4.69) is 35.4 Å². The van der Waals surface area contributed by atoms with E-state index < -0.39 is 17.3 Å². The first-order valence-corrected chi connectivity index (χ1v) is 10.3. The highest BCUT2D eigenvalue weighted by atomic mass is 32.1. The van der Waals surface area contributed by atoms with Gasteiger partial charge < -0.3 is 0 Å². The van der Waals surface area contributed by atoms with Gasteiger partial charge in [-0.3, -0.25) is 0 Å². The molecule has 0 unspecified atom stereocenters. The van der Waals surface area contributed by atoms with E-state index in [0.29, 0.717) is 5.56 Å². The van der Waals surface area contributed by atoms with Gasteiger partial charge in [-0.1, -0.05) is 35.9 Å². The van der Waals surface area contributed by atoms with Crippen LogP contribution in [-0.4, -0.2) is 5.16 Å². The van der Waals surface area contributed by atoms with E-state index in [-0.39, 0.29) is 0 Å². The van der Waals surface area contributed by atoms with Crippen LogP contribution >= 0.6 is 23.6 Å². The second-order valence-electron chi connectivity index (χ2n) is 6.77. The predicted octanol–water partition coefficient (Wildman–Crippen LogP) is 7.75. The molecule has 28 heavy (non-hydrogen) atoms. The zero-order valence-electron chi connectivity index (χ0n) is 15.0. The summed E-state index contributed by atoms with van der Waals surface area (Å²) in [6.07, 6.45) is 7.08. The Bertz CT molecular complexity index is 1070. The van der Waals surface area contributed by atoms with Crippen LogP contribution < -0.4 is 0 Å². The molecule has 1 aliphatic rings. The van der Waals surface area contributed by atoms with Gasteiger partial charge in [0.2, 0.25) is 0 Å². The normalized spacial score (nSPS) is 13.3. The maximum atomic E-state index is 14.1. The summed E-state index contributed by atoms with van der Waals surface area (Å²) < 4.78 is 28.1. The number of benzene rings is 2. The first-order valence-electron chi connectivity index (χ1n) is 9.08. The third-order valence-electron chi connectivity index (χ3n) is 4.88. The number of nitrogens with zero attached hydrogens (tertiary/aromatic N) is 1. The number of hydrogen-bond donors (Lipinski definition) is 0. The maximum Gasteiger partial charge on any atom is 0.153 e. The van der Waals surface area contributed by atoms with E-state index in [0.717, 1.165) is 17.5 Å². The average molecular weight is 410 g/mol. The van der Waals surface area contributed by atoms with Gasteiger partial charge in [-0.2, -0.15) is 4.99 Å². The van der Waals surface area contributed by atoms with Crippen molar-refractivity contribution in [3.05, 3.63) is 76.7 Å². The second-order valence-corrected chi connectivity index (χ2v) is 8.12. The van der Waals surface area contributed by atoms with Crippen molar-refractivity contribution in [3.63, 3.8) is 0 Å². The van der Waals surface area contributed by atoms with Gasteiger partial charge >= 0.3 is 0 Å². The number of allylic oxidation sites excluding steroid dienone is 2. The molecule has 0 spiro atoms. The summed E-state index contributed by atoms with van der Waals surface area (Å²) in [5, 5.41) is 2.00. The van der Waals surface area contributed by atoms with E-state index in [1.165, 1.54) is 46.7 Å². The van der Waals surface area contributed by atoms with Gasteiger partial charge in [0.1, 0.15) is 5.69 Å². The van der Waals surface area contributed by atoms with Crippen molar-refractivity contribution < 1.29 is 8.78 Å². The van der Waals surface area contributed by atoms with E-state index in [9.17, 15) is 8.78 Å². The number of thiocarbonyl (C=S) groups is 1. The molecule has 0 saturated heterocycles. The molecule has 0 N–H and O–H groups in total. The minimum absolute atomic E-state index is 0.404. The van der Waals surface area contributed by atoms with Gasteiger partial charge in [0.25, 0.3) is 0 Å². The average Bonchev–Trinajstić information content (AvgIpc) is 3.37. The lowest BCUT2D eigenvalue weighted by molar-refractivity contribution is 0.588. The monoisotopic (exact) mass is 409 g/mol. The third-order valence-corrected chi connectivity index (χ3v) is 6.10. The molecular weight excluding hydrogens is 392 g/mol. The number of aliphatic imine (C=N–C) groups is 1. The fourth-order valence-corrected chi connectivity index (χ4v) is 4.62. The first-order chi connectivity index (χ1) is 13.6. The Balaban J connectivity index is 1.56. The SMILES string of the molecule is Fc1cc(-c2ccc(-c3ccc(CC4=CCCC4)s3)cc2)cc(F)c1N=C=S. The van der Waals surface area contributed by atoms with Crippen molar-refractivity contribution in [1.82, 2.24) is 0 Å². The van der Waals surface area contributed by atoms with Crippen LogP contribution in [0.2, 0.25) is 0 Å². The molecule has 140 valence electrons. The summed E-state index contributed by atoms with van der Waals surface area (Å²) in [7, 11) is 0. The molecule has 0 aliphatic heterocycles. The summed E-state index contributed by atoms with van der Waals surface area (Å²) in [6.45, 7) is 0. The molecule has 5 heteroatoms. The molecule has 3 aromatic rings. The smallest absolute Gasteiger partial charge is 0.153 e. The number of thiophene rings is 1. The Morgan fingerprint density at radius 1 is 0.964 bits per heavy atom. The minimum Gasteiger partial charge on any atom is -0.204 e. The third kappa shape index (κ3) is 4.02. The summed E-state index contributed by atoms with van der Waals surface area (Å²) in [5.74, 6) is -1.50. The van der Waals surface area contributed by atoms with E-state index in [1.807, 2.05) is 29.4 Å². The molecule has 0 bridgehead atoms. The van der Waals surface area contributed by atoms with Crippen LogP contribution in [0.15, 0.2) is 65.2 Å². The number of halogens is 2. The molecule has 0 atom stereocenters. The van der Waals surface area contributed by atoms with Gasteiger partial charge in [0.05, 0.1) is 5.16 Å². The molecule has 0 saturated carbocycles. The van der Waals surface area contributed by atoms with E-state index in [4.69, 9.17) is 0 Å². The Morgan fingerprint density at radius 2 is 1.68 bits per heavy atom. The Hall–Kier alpha value is -2.46. The van der Waals surface area contributed by atoms with Crippen molar-refractivity contribution in [2.45, 2.75) is 25.7 Å². The summed E-state index contributed by atoms with van der Waals surface area (Å²) in [4.78, 5) is 6.01. The Kier molecular flexibility index (Phi) is 5.58. The molecule has 0 fully saturated rings. The predicted molar refractivity (Wildman–Crippen MR) is 115 cm³/mol. The minimum atomic E-state index is -0.749. The summed E-state index contributed by atoms with van der Waals surface area (Å²) >= 11 is 6.23. The Labute approximate surface area is 172 Å².